The fourth-order valence-corrected chi connectivity index (χ4v) is 3.70. The summed E-state index contributed by atoms with van der Waals surface area (Å²) in [5, 5.41) is 5.69. The van der Waals surface area contributed by atoms with Gasteiger partial charge in [-0.15, -0.1) is 0 Å². The fraction of sp³-hybridized carbons (Fsp3) is 0.364. The van der Waals surface area contributed by atoms with E-state index >= 15 is 0 Å². The monoisotopic (exact) mass is 463 g/mol. The van der Waals surface area contributed by atoms with Gasteiger partial charge in [0, 0.05) is 23.7 Å². The Morgan fingerprint density at radius 3 is 2.28 bits per heavy atom. The third-order valence-electron chi connectivity index (χ3n) is 4.57. The second-order valence-corrected chi connectivity index (χ2v) is 9.28. The molecule has 0 aliphatic heterocycles. The Morgan fingerprint density at radius 2 is 1.72 bits per heavy atom. The highest BCUT2D eigenvalue weighted by Crippen LogP contribution is 2.37. The Morgan fingerprint density at radius 1 is 1.06 bits per heavy atom. The number of anilines is 1. The summed E-state index contributed by atoms with van der Waals surface area (Å²) in [5.41, 5.74) is 7.20. The number of carbonyl (C=O) groups excluding carboxylic acids is 2. The molecule has 0 saturated heterocycles. The predicted octanol–water partition coefficient (Wildman–Crippen LogP) is 2.63. The van der Waals surface area contributed by atoms with Crippen LogP contribution in [0, 0.1) is 5.92 Å². The summed E-state index contributed by atoms with van der Waals surface area (Å²) in [5.74, 6) is -0.369. The number of phosphoric acid groups is 1. The minimum absolute atomic E-state index is 0.00237. The van der Waals surface area contributed by atoms with Crippen LogP contribution in [0.2, 0.25) is 0 Å². The first-order chi connectivity index (χ1) is 14.9. The number of hydrogen-bond acceptors (Lipinski definition) is 5. The van der Waals surface area contributed by atoms with Gasteiger partial charge in [0.05, 0.1) is 0 Å². The van der Waals surface area contributed by atoms with E-state index in [2.05, 4.69) is 29.0 Å². The van der Waals surface area contributed by atoms with E-state index in [4.69, 9.17) is 15.5 Å². The number of carbonyl (C=O) groups is 2. The lowest BCUT2D eigenvalue weighted by Gasteiger charge is -2.22. The minimum atomic E-state index is -4.66. The quantitative estimate of drug-likeness (QED) is 0.268. The number of phosphoric ester groups is 1. The maximum absolute atomic E-state index is 12.9. The van der Waals surface area contributed by atoms with Crippen molar-refractivity contribution in [1.29, 1.82) is 0 Å². The van der Waals surface area contributed by atoms with Crippen LogP contribution < -0.4 is 20.9 Å². The van der Waals surface area contributed by atoms with Gasteiger partial charge in [0.1, 0.15) is 11.8 Å². The van der Waals surface area contributed by atoms with Gasteiger partial charge < -0.3 is 20.9 Å². The summed E-state index contributed by atoms with van der Waals surface area (Å²) in [6.07, 6.45) is 0.959. The third-order valence-corrected chi connectivity index (χ3v) is 5.02. The number of nitrogen functional groups attached to an aromatic ring is 1. The Kier molecular flexibility index (Phi) is 8.83. The van der Waals surface area contributed by atoms with Crippen molar-refractivity contribution in [2.24, 2.45) is 5.92 Å². The molecule has 2 rings (SSSR count). The maximum Gasteiger partial charge on any atom is 0.524 e. The first kappa shape index (κ1) is 25.4. The van der Waals surface area contributed by atoms with E-state index in [-0.39, 0.29) is 24.1 Å². The van der Waals surface area contributed by atoms with E-state index < -0.39 is 19.8 Å². The molecule has 9 nitrogen and oxygen atoms in total. The van der Waals surface area contributed by atoms with Gasteiger partial charge >= 0.3 is 7.82 Å². The molecular formula is C22H30N3O6P. The molecule has 0 aliphatic carbocycles. The topological polar surface area (TPSA) is 151 Å². The Labute approximate surface area is 187 Å². The highest BCUT2D eigenvalue weighted by atomic mass is 31.2. The molecule has 2 aromatic carbocycles. The van der Waals surface area contributed by atoms with Crippen LogP contribution in [-0.2, 0) is 15.8 Å². The lowest BCUT2D eigenvalue weighted by Crippen LogP contribution is -2.50. The Hall–Kier alpha value is -2.87. The first-order valence-corrected chi connectivity index (χ1v) is 11.8. The summed E-state index contributed by atoms with van der Waals surface area (Å²) in [6.45, 7) is 6.02. The number of nitrogens with one attached hydrogen (secondary N) is 2. The zero-order valence-corrected chi connectivity index (χ0v) is 19.2. The van der Waals surface area contributed by atoms with Crippen LogP contribution in [0.15, 0.2) is 48.5 Å². The van der Waals surface area contributed by atoms with Gasteiger partial charge in [-0.05, 0) is 55.2 Å². The molecule has 0 saturated carbocycles. The minimum Gasteiger partial charge on any atom is -0.404 e. The molecule has 2 unspecified atom stereocenters. The van der Waals surface area contributed by atoms with Crippen LogP contribution in [0.1, 0.15) is 43.1 Å². The standard InChI is InChI=1S/C22H30N3O6P/c1-14(2)11-15(3)24-22(27)20(25-21(26)17-5-4-6-18(23)13-17)12-16-7-9-19(10-8-16)31-32(28,29)30/h4-10,13-15,20H,11-12,23H2,1-3H3,(H,24,27)(H,25,26)(H2,28,29,30). The van der Waals surface area contributed by atoms with Crippen molar-refractivity contribution in [2.45, 2.75) is 45.7 Å². The van der Waals surface area contributed by atoms with Crippen molar-refractivity contribution in [3.63, 3.8) is 0 Å². The van der Waals surface area contributed by atoms with Crippen LogP contribution in [0.4, 0.5) is 5.69 Å². The second-order valence-electron chi connectivity index (χ2n) is 8.12. The lowest BCUT2D eigenvalue weighted by atomic mass is 10.0. The highest BCUT2D eigenvalue weighted by Gasteiger charge is 2.24. The predicted molar refractivity (Wildman–Crippen MR) is 122 cm³/mol. The van der Waals surface area contributed by atoms with E-state index in [1.165, 1.54) is 18.2 Å². The molecule has 0 radical (unpaired) electrons. The molecule has 10 heteroatoms. The fourth-order valence-electron chi connectivity index (χ4n) is 3.30. The van der Waals surface area contributed by atoms with Crippen LogP contribution >= 0.6 is 7.82 Å². The summed E-state index contributed by atoms with van der Waals surface area (Å²) in [4.78, 5) is 43.5. The molecule has 2 atom stereocenters. The number of amides is 2. The molecule has 0 heterocycles. The van der Waals surface area contributed by atoms with Gasteiger partial charge in [-0.25, -0.2) is 4.57 Å². The van der Waals surface area contributed by atoms with Gasteiger partial charge in [-0.1, -0.05) is 32.0 Å². The van der Waals surface area contributed by atoms with Crippen molar-refractivity contribution >= 4 is 25.3 Å². The summed E-state index contributed by atoms with van der Waals surface area (Å²) in [7, 11) is -4.66. The molecule has 0 aliphatic rings. The number of benzene rings is 2. The molecule has 0 aromatic heterocycles. The summed E-state index contributed by atoms with van der Waals surface area (Å²) >= 11 is 0. The average molecular weight is 463 g/mol. The summed E-state index contributed by atoms with van der Waals surface area (Å²) in [6, 6.07) is 11.5. The molecule has 6 N–H and O–H groups in total. The first-order valence-electron chi connectivity index (χ1n) is 10.2. The lowest BCUT2D eigenvalue weighted by molar-refractivity contribution is -0.123. The van der Waals surface area contributed by atoms with Crippen molar-refractivity contribution in [3.05, 3.63) is 59.7 Å². The van der Waals surface area contributed by atoms with Gasteiger partial charge in [-0.2, -0.15) is 0 Å². The van der Waals surface area contributed by atoms with Crippen LogP contribution in [0.3, 0.4) is 0 Å². The van der Waals surface area contributed by atoms with E-state index in [9.17, 15) is 14.2 Å². The van der Waals surface area contributed by atoms with Crippen molar-refractivity contribution in [1.82, 2.24) is 10.6 Å². The SMILES string of the molecule is CC(C)CC(C)NC(=O)C(Cc1ccc(OP(=O)(O)O)cc1)NC(=O)c1cccc(N)c1. The number of rotatable bonds is 10. The normalized spacial score (nSPS) is 13.3. The zero-order chi connectivity index (χ0) is 23.9. The molecule has 2 aromatic rings. The maximum atomic E-state index is 12.9. The van der Waals surface area contributed by atoms with Gasteiger partial charge in [0.15, 0.2) is 0 Å². The Balaban J connectivity index is 2.18. The van der Waals surface area contributed by atoms with Crippen molar-refractivity contribution in [2.75, 3.05) is 5.73 Å². The summed E-state index contributed by atoms with van der Waals surface area (Å²) < 4.78 is 15.5. The van der Waals surface area contributed by atoms with Gasteiger partial charge in [0.2, 0.25) is 5.91 Å². The molecule has 0 bridgehead atoms. The molecule has 0 fully saturated rings. The smallest absolute Gasteiger partial charge is 0.404 e. The second kappa shape index (κ2) is 11.1. The molecule has 2 amide bonds. The average Bonchev–Trinajstić information content (AvgIpc) is 2.67. The van der Waals surface area contributed by atoms with Gasteiger partial charge in [0.25, 0.3) is 5.91 Å². The zero-order valence-electron chi connectivity index (χ0n) is 18.3. The van der Waals surface area contributed by atoms with Crippen molar-refractivity contribution in [3.8, 4) is 5.75 Å². The number of hydrogen-bond donors (Lipinski definition) is 5. The van der Waals surface area contributed by atoms with Crippen molar-refractivity contribution < 1.29 is 28.5 Å². The Bertz CT molecular complexity index is 974. The van der Waals surface area contributed by atoms with E-state index in [0.717, 1.165) is 6.42 Å². The largest absolute Gasteiger partial charge is 0.524 e. The number of nitrogens with two attached hydrogens (primary N) is 1. The van der Waals surface area contributed by atoms with Crippen LogP contribution in [0.5, 0.6) is 5.75 Å². The van der Waals surface area contributed by atoms with Gasteiger partial charge in [-0.3, -0.25) is 19.4 Å². The third kappa shape index (κ3) is 8.70. The van der Waals surface area contributed by atoms with E-state index in [1.807, 2.05) is 6.92 Å². The highest BCUT2D eigenvalue weighted by molar-refractivity contribution is 7.46. The molecule has 0 spiro atoms. The van der Waals surface area contributed by atoms with Crippen LogP contribution in [-0.4, -0.2) is 33.7 Å². The molecular weight excluding hydrogens is 433 g/mol. The molecule has 32 heavy (non-hydrogen) atoms. The molecule has 174 valence electrons. The van der Waals surface area contributed by atoms with E-state index in [1.54, 1.807) is 30.3 Å². The van der Waals surface area contributed by atoms with Crippen LogP contribution in [0.25, 0.3) is 0 Å². The van der Waals surface area contributed by atoms with E-state index in [0.29, 0.717) is 22.7 Å².